The van der Waals surface area contributed by atoms with E-state index >= 15 is 0 Å². The molecule has 1 aromatic rings. The molecule has 0 atom stereocenters. The molecule has 4 nitrogen and oxygen atoms in total. The van der Waals surface area contributed by atoms with E-state index < -0.39 is 10.1 Å². The van der Waals surface area contributed by atoms with Gasteiger partial charge in [-0.2, -0.15) is 13.4 Å². The largest absolute Gasteiger partial charge is 0.361 e. The van der Waals surface area contributed by atoms with Crippen LogP contribution in [0.2, 0.25) is 4.47 Å². The second kappa shape index (κ2) is 2.96. The summed E-state index contributed by atoms with van der Waals surface area (Å²) in [5.41, 5.74) is 0. The summed E-state index contributed by atoms with van der Waals surface area (Å²) < 4.78 is 25.7. The molecule has 0 aliphatic heterocycles. The summed E-state index contributed by atoms with van der Waals surface area (Å²) >= 11 is 6.53. The maximum absolute atomic E-state index is 10.5. The third-order valence-electron chi connectivity index (χ3n) is 0.692. The molecule has 0 fully saturated rings. The van der Waals surface area contributed by atoms with E-state index in [1.807, 2.05) is 0 Å². The van der Waals surface area contributed by atoms with Crippen LogP contribution in [0.5, 0.6) is 5.88 Å². The SMILES string of the molecule is CS(=O)(=O)Oc1csc(Cl)n1. The van der Waals surface area contributed by atoms with Crippen LogP contribution in [0.15, 0.2) is 5.38 Å². The Kier molecular flexibility index (Phi) is 2.36. The minimum absolute atomic E-state index is 0.0162. The molecule has 0 bridgehead atoms. The van der Waals surface area contributed by atoms with Crippen LogP contribution in [-0.2, 0) is 10.1 Å². The van der Waals surface area contributed by atoms with Crippen LogP contribution in [0, 0.1) is 0 Å². The van der Waals surface area contributed by atoms with Crippen molar-refractivity contribution in [3.05, 3.63) is 9.85 Å². The van der Waals surface area contributed by atoms with Gasteiger partial charge in [-0.1, -0.05) is 11.6 Å². The van der Waals surface area contributed by atoms with E-state index in [-0.39, 0.29) is 10.3 Å². The first-order valence-corrected chi connectivity index (χ1v) is 5.55. The first kappa shape index (κ1) is 8.76. The Labute approximate surface area is 72.9 Å². The predicted molar refractivity (Wildman–Crippen MR) is 42.6 cm³/mol. The molecular weight excluding hydrogens is 210 g/mol. The highest BCUT2D eigenvalue weighted by molar-refractivity contribution is 7.86. The van der Waals surface area contributed by atoms with Crippen molar-refractivity contribution in [2.45, 2.75) is 0 Å². The fourth-order valence-electron chi connectivity index (χ4n) is 0.432. The molecular formula is C4H4ClNO3S2. The normalized spacial score (nSPS) is 11.5. The van der Waals surface area contributed by atoms with Crippen molar-refractivity contribution in [2.75, 3.05) is 6.26 Å². The molecule has 0 spiro atoms. The van der Waals surface area contributed by atoms with Gasteiger partial charge in [-0.05, 0) is 0 Å². The third kappa shape index (κ3) is 3.04. The number of aromatic nitrogens is 1. The Balaban J connectivity index is 2.81. The second-order valence-corrected chi connectivity index (χ2v) is 4.74. The van der Waals surface area contributed by atoms with Gasteiger partial charge in [0.25, 0.3) is 0 Å². The quantitative estimate of drug-likeness (QED) is 0.692. The fourth-order valence-corrected chi connectivity index (χ4v) is 1.55. The zero-order chi connectivity index (χ0) is 8.48. The Morgan fingerprint density at radius 1 is 1.73 bits per heavy atom. The van der Waals surface area contributed by atoms with Crippen LogP contribution < -0.4 is 4.18 Å². The van der Waals surface area contributed by atoms with Crippen molar-refractivity contribution >= 4 is 33.1 Å². The fraction of sp³-hybridized carbons (Fsp3) is 0.250. The van der Waals surface area contributed by atoms with E-state index in [2.05, 4.69) is 9.17 Å². The first-order valence-electron chi connectivity index (χ1n) is 2.48. The molecule has 0 unspecified atom stereocenters. The highest BCUT2D eigenvalue weighted by Gasteiger charge is 2.06. The first-order chi connectivity index (χ1) is 4.97. The van der Waals surface area contributed by atoms with Gasteiger partial charge in [-0.25, -0.2) is 0 Å². The van der Waals surface area contributed by atoms with Gasteiger partial charge in [0.15, 0.2) is 4.47 Å². The zero-order valence-electron chi connectivity index (χ0n) is 5.44. The Bertz CT molecular complexity index is 344. The summed E-state index contributed by atoms with van der Waals surface area (Å²) in [5, 5.41) is 1.42. The Morgan fingerprint density at radius 2 is 2.36 bits per heavy atom. The lowest BCUT2D eigenvalue weighted by molar-refractivity contribution is 0.485. The average Bonchev–Trinajstić information content (AvgIpc) is 2.10. The smallest absolute Gasteiger partial charge is 0.307 e. The number of thiazole rings is 1. The highest BCUT2D eigenvalue weighted by atomic mass is 35.5. The van der Waals surface area contributed by atoms with Crippen molar-refractivity contribution < 1.29 is 12.6 Å². The van der Waals surface area contributed by atoms with Crippen molar-refractivity contribution in [1.29, 1.82) is 0 Å². The van der Waals surface area contributed by atoms with Crippen LogP contribution in [-0.4, -0.2) is 19.7 Å². The van der Waals surface area contributed by atoms with E-state index in [1.54, 1.807) is 0 Å². The van der Waals surface area contributed by atoms with Crippen LogP contribution >= 0.6 is 22.9 Å². The van der Waals surface area contributed by atoms with E-state index in [0.29, 0.717) is 0 Å². The van der Waals surface area contributed by atoms with Crippen molar-refractivity contribution in [1.82, 2.24) is 4.98 Å². The van der Waals surface area contributed by atoms with Crippen molar-refractivity contribution in [3.8, 4) is 5.88 Å². The average molecular weight is 214 g/mol. The molecule has 11 heavy (non-hydrogen) atoms. The van der Waals surface area contributed by atoms with E-state index in [4.69, 9.17) is 11.6 Å². The number of rotatable bonds is 2. The molecule has 0 aliphatic rings. The van der Waals surface area contributed by atoms with Crippen LogP contribution in [0.1, 0.15) is 0 Å². The highest BCUT2D eigenvalue weighted by Crippen LogP contribution is 2.21. The number of nitrogens with zero attached hydrogens (tertiary/aromatic N) is 1. The van der Waals surface area contributed by atoms with Gasteiger partial charge in [0.1, 0.15) is 0 Å². The Morgan fingerprint density at radius 3 is 2.73 bits per heavy atom. The minimum Gasteiger partial charge on any atom is -0.361 e. The summed E-state index contributed by atoms with van der Waals surface area (Å²) in [7, 11) is -3.48. The lowest BCUT2D eigenvalue weighted by Gasteiger charge is -1.94. The van der Waals surface area contributed by atoms with Crippen LogP contribution in [0.3, 0.4) is 0 Å². The molecule has 0 N–H and O–H groups in total. The topological polar surface area (TPSA) is 56.3 Å². The van der Waals surface area contributed by atoms with Crippen molar-refractivity contribution in [3.63, 3.8) is 0 Å². The number of hydrogen-bond donors (Lipinski definition) is 0. The van der Waals surface area contributed by atoms with Gasteiger partial charge in [-0.3, -0.25) is 0 Å². The minimum atomic E-state index is -3.48. The molecule has 62 valence electrons. The van der Waals surface area contributed by atoms with Gasteiger partial charge < -0.3 is 4.18 Å². The molecule has 0 aromatic carbocycles. The molecule has 0 aliphatic carbocycles. The molecule has 0 saturated carbocycles. The lowest BCUT2D eigenvalue weighted by atomic mass is 10.9. The van der Waals surface area contributed by atoms with E-state index in [1.165, 1.54) is 5.38 Å². The zero-order valence-corrected chi connectivity index (χ0v) is 7.83. The standard InChI is InChI=1S/C4H4ClNO3S2/c1-11(7,8)9-3-2-10-4(5)6-3/h2H,1H3. The predicted octanol–water partition coefficient (Wildman–Crippen LogP) is 1.13. The number of halogens is 1. The summed E-state index contributed by atoms with van der Waals surface area (Å²) in [5.74, 6) is 0.0162. The summed E-state index contributed by atoms with van der Waals surface area (Å²) in [4.78, 5) is 3.58. The van der Waals surface area contributed by atoms with E-state index in [0.717, 1.165) is 17.6 Å². The molecule has 0 radical (unpaired) electrons. The Hall–Kier alpha value is -0.330. The molecule has 1 rings (SSSR count). The van der Waals surface area contributed by atoms with Gasteiger partial charge in [-0.15, -0.1) is 11.3 Å². The van der Waals surface area contributed by atoms with Gasteiger partial charge >= 0.3 is 10.1 Å². The third-order valence-corrected chi connectivity index (χ3v) is 2.12. The molecule has 0 saturated heterocycles. The van der Waals surface area contributed by atoms with Gasteiger partial charge in [0, 0.05) is 0 Å². The van der Waals surface area contributed by atoms with E-state index in [9.17, 15) is 8.42 Å². The lowest BCUT2D eigenvalue weighted by Crippen LogP contribution is -2.05. The van der Waals surface area contributed by atoms with Crippen LogP contribution in [0.4, 0.5) is 0 Å². The molecule has 0 amide bonds. The molecule has 1 heterocycles. The number of hydrogen-bond acceptors (Lipinski definition) is 5. The molecule has 1 aromatic heterocycles. The van der Waals surface area contributed by atoms with Crippen molar-refractivity contribution in [2.24, 2.45) is 0 Å². The van der Waals surface area contributed by atoms with Gasteiger partial charge in [0.2, 0.25) is 5.88 Å². The van der Waals surface area contributed by atoms with Gasteiger partial charge in [0.05, 0.1) is 11.6 Å². The molecule has 7 heteroatoms. The monoisotopic (exact) mass is 213 g/mol. The summed E-state index contributed by atoms with van der Waals surface area (Å²) in [6, 6.07) is 0. The maximum atomic E-state index is 10.5. The summed E-state index contributed by atoms with van der Waals surface area (Å²) in [6.07, 6.45) is 0.945. The second-order valence-electron chi connectivity index (χ2n) is 1.73. The maximum Gasteiger partial charge on any atom is 0.307 e. The summed E-state index contributed by atoms with van der Waals surface area (Å²) in [6.45, 7) is 0. The van der Waals surface area contributed by atoms with Crippen LogP contribution in [0.25, 0.3) is 0 Å².